The van der Waals surface area contributed by atoms with Gasteiger partial charge in [0.05, 0.1) is 19.8 Å². The molecule has 1 atom stereocenters. The van der Waals surface area contributed by atoms with Gasteiger partial charge in [-0.2, -0.15) is 0 Å². The van der Waals surface area contributed by atoms with Gasteiger partial charge in [-0.3, -0.25) is 9.69 Å². The van der Waals surface area contributed by atoms with E-state index in [0.717, 1.165) is 24.4 Å². The van der Waals surface area contributed by atoms with Crippen LogP contribution in [-0.4, -0.2) is 52.8 Å². The number of carbonyl (C=O) groups excluding carboxylic acids is 1. The monoisotopic (exact) mass is 283 g/mol. The number of aromatic nitrogens is 2. The fraction of sp³-hybridized carbons (Fsp3) is 0.727. The molecule has 3 rings (SSSR count). The Morgan fingerprint density at radius 3 is 3.05 bits per heavy atom. The first-order valence-electron chi connectivity index (χ1n) is 6.42. The maximum Gasteiger partial charge on any atom is 0.239 e. The Morgan fingerprint density at radius 1 is 1.53 bits per heavy atom. The van der Waals surface area contributed by atoms with Gasteiger partial charge in [-0.25, -0.2) is 0 Å². The minimum absolute atomic E-state index is 0.0553. The summed E-state index contributed by atoms with van der Waals surface area (Å²) in [4.78, 5) is 14.2. The summed E-state index contributed by atoms with van der Waals surface area (Å²) in [5, 5.41) is 12.1. The Balaban J connectivity index is 1.64. The second-order valence-electron chi connectivity index (χ2n) is 4.88. The Bertz CT molecular complexity index is 462. The van der Waals surface area contributed by atoms with E-state index in [1.807, 2.05) is 0 Å². The summed E-state index contributed by atoms with van der Waals surface area (Å²) in [6.45, 7) is 2.40. The molecule has 3 N–H and O–H groups in total. The minimum atomic E-state index is -0.237. The third kappa shape index (κ3) is 3.20. The first kappa shape index (κ1) is 12.8. The number of morpholine rings is 1. The lowest BCUT2D eigenvalue weighted by molar-refractivity contribution is -0.133. The van der Waals surface area contributed by atoms with Crippen LogP contribution in [0.3, 0.4) is 0 Å². The van der Waals surface area contributed by atoms with Crippen molar-refractivity contribution in [3.8, 4) is 0 Å². The predicted molar refractivity (Wildman–Crippen MR) is 70.5 cm³/mol. The van der Waals surface area contributed by atoms with Gasteiger partial charge in [-0.1, -0.05) is 11.3 Å². The summed E-state index contributed by atoms with van der Waals surface area (Å²) in [5.74, 6) is 0.0553. The van der Waals surface area contributed by atoms with Crippen molar-refractivity contribution >= 4 is 22.4 Å². The van der Waals surface area contributed by atoms with E-state index < -0.39 is 0 Å². The maximum atomic E-state index is 12.2. The van der Waals surface area contributed by atoms with E-state index in [-0.39, 0.29) is 11.9 Å². The van der Waals surface area contributed by atoms with Crippen LogP contribution in [0.25, 0.3) is 0 Å². The van der Waals surface area contributed by atoms with Gasteiger partial charge in [0.1, 0.15) is 11.0 Å². The second kappa shape index (κ2) is 5.40. The van der Waals surface area contributed by atoms with Crippen LogP contribution in [0.5, 0.6) is 0 Å². The first-order chi connectivity index (χ1) is 9.22. The molecule has 0 aromatic carbocycles. The Labute approximate surface area is 115 Å². The molecule has 2 fully saturated rings. The van der Waals surface area contributed by atoms with E-state index in [9.17, 15) is 4.79 Å². The Hall–Kier alpha value is -1.25. The van der Waals surface area contributed by atoms with E-state index in [1.165, 1.54) is 11.3 Å². The normalized spacial score (nSPS) is 24.3. The zero-order chi connectivity index (χ0) is 13.2. The third-order valence-electron chi connectivity index (χ3n) is 3.29. The molecule has 1 aliphatic carbocycles. The first-order valence-corrected chi connectivity index (χ1v) is 7.24. The average Bonchev–Trinajstić information content (AvgIpc) is 3.12. The number of nitrogens with two attached hydrogens (primary N) is 1. The van der Waals surface area contributed by atoms with Crippen LogP contribution in [0.1, 0.15) is 17.8 Å². The van der Waals surface area contributed by atoms with Crippen LogP contribution in [0.2, 0.25) is 0 Å². The van der Waals surface area contributed by atoms with Crippen molar-refractivity contribution in [3.05, 3.63) is 5.01 Å². The van der Waals surface area contributed by atoms with Gasteiger partial charge in [-0.05, 0) is 12.8 Å². The van der Waals surface area contributed by atoms with Crippen molar-refractivity contribution in [2.75, 3.05) is 25.5 Å². The molecule has 2 heterocycles. The van der Waals surface area contributed by atoms with Crippen LogP contribution < -0.4 is 11.1 Å². The van der Waals surface area contributed by atoms with E-state index in [2.05, 4.69) is 20.4 Å². The van der Waals surface area contributed by atoms with Crippen molar-refractivity contribution < 1.29 is 9.53 Å². The quantitative estimate of drug-likeness (QED) is 0.781. The van der Waals surface area contributed by atoms with Crippen LogP contribution in [0, 0.1) is 0 Å². The SMILES string of the molecule is Nc1nnc(CN2CCOCC2C(=O)NC2CC2)s1. The highest BCUT2D eigenvalue weighted by Gasteiger charge is 2.33. The van der Waals surface area contributed by atoms with Gasteiger partial charge < -0.3 is 15.8 Å². The van der Waals surface area contributed by atoms with Crippen LogP contribution in [-0.2, 0) is 16.1 Å². The van der Waals surface area contributed by atoms with Gasteiger partial charge in [0, 0.05) is 12.6 Å². The molecule has 104 valence electrons. The summed E-state index contributed by atoms with van der Waals surface area (Å²) >= 11 is 1.36. The molecule has 0 radical (unpaired) electrons. The van der Waals surface area contributed by atoms with Gasteiger partial charge in [0.2, 0.25) is 11.0 Å². The molecule has 1 saturated carbocycles. The van der Waals surface area contributed by atoms with Crippen LogP contribution >= 0.6 is 11.3 Å². The van der Waals surface area contributed by atoms with Gasteiger partial charge in [-0.15, -0.1) is 10.2 Å². The molecule has 0 spiro atoms. The number of nitrogen functional groups attached to an aromatic ring is 1. The maximum absolute atomic E-state index is 12.2. The Kier molecular flexibility index (Phi) is 3.63. The molecule has 1 unspecified atom stereocenters. The lowest BCUT2D eigenvalue weighted by Crippen LogP contribution is -2.53. The molecular weight excluding hydrogens is 266 g/mol. The zero-order valence-electron chi connectivity index (χ0n) is 10.5. The van der Waals surface area contributed by atoms with Crippen molar-refractivity contribution in [2.24, 2.45) is 0 Å². The lowest BCUT2D eigenvalue weighted by Gasteiger charge is -2.33. The molecule has 2 aliphatic rings. The second-order valence-corrected chi connectivity index (χ2v) is 5.97. The Morgan fingerprint density at radius 2 is 2.37 bits per heavy atom. The van der Waals surface area contributed by atoms with Crippen LogP contribution in [0.4, 0.5) is 5.13 Å². The summed E-state index contributed by atoms with van der Waals surface area (Å²) in [6.07, 6.45) is 2.18. The number of hydrogen-bond acceptors (Lipinski definition) is 7. The predicted octanol–water partition coefficient (Wildman–Crippen LogP) is -0.400. The number of nitrogens with zero attached hydrogens (tertiary/aromatic N) is 3. The van der Waals surface area contributed by atoms with Gasteiger partial charge >= 0.3 is 0 Å². The highest BCUT2D eigenvalue weighted by Crippen LogP contribution is 2.21. The lowest BCUT2D eigenvalue weighted by atomic mass is 10.2. The summed E-state index contributed by atoms with van der Waals surface area (Å²) < 4.78 is 5.42. The molecule has 19 heavy (non-hydrogen) atoms. The van der Waals surface area contributed by atoms with Crippen molar-refractivity contribution in [2.45, 2.75) is 31.5 Å². The molecule has 7 nitrogen and oxygen atoms in total. The molecular formula is C11H17N5O2S. The number of carbonyl (C=O) groups is 1. The number of anilines is 1. The summed E-state index contributed by atoms with van der Waals surface area (Å²) in [5.41, 5.74) is 5.57. The van der Waals surface area contributed by atoms with E-state index >= 15 is 0 Å². The number of nitrogens with one attached hydrogen (secondary N) is 1. The van der Waals surface area contributed by atoms with Crippen molar-refractivity contribution in [1.82, 2.24) is 20.4 Å². The standard InChI is InChI=1S/C11H17N5O2S/c12-11-15-14-9(19-11)5-16-3-4-18-6-8(16)10(17)13-7-1-2-7/h7-8H,1-6H2,(H2,12,15)(H,13,17). The molecule has 1 aromatic heterocycles. The smallest absolute Gasteiger partial charge is 0.239 e. The molecule has 1 saturated heterocycles. The molecule has 0 bridgehead atoms. The minimum Gasteiger partial charge on any atom is -0.378 e. The van der Waals surface area contributed by atoms with E-state index in [1.54, 1.807) is 0 Å². The van der Waals surface area contributed by atoms with Crippen molar-refractivity contribution in [1.29, 1.82) is 0 Å². The summed E-state index contributed by atoms with van der Waals surface area (Å²) in [7, 11) is 0. The van der Waals surface area contributed by atoms with Gasteiger partial charge in [0.25, 0.3) is 0 Å². The average molecular weight is 283 g/mol. The highest BCUT2D eigenvalue weighted by molar-refractivity contribution is 7.15. The summed E-state index contributed by atoms with van der Waals surface area (Å²) in [6, 6.07) is 0.132. The molecule has 8 heteroatoms. The number of rotatable bonds is 4. The molecule has 1 aromatic rings. The number of amides is 1. The van der Waals surface area contributed by atoms with Gasteiger partial charge in [0.15, 0.2) is 0 Å². The molecule has 1 aliphatic heterocycles. The highest BCUT2D eigenvalue weighted by atomic mass is 32.1. The topological polar surface area (TPSA) is 93.4 Å². The van der Waals surface area contributed by atoms with Crippen molar-refractivity contribution in [3.63, 3.8) is 0 Å². The fourth-order valence-electron chi connectivity index (χ4n) is 2.10. The largest absolute Gasteiger partial charge is 0.378 e. The third-order valence-corrected chi connectivity index (χ3v) is 4.02. The van der Waals surface area contributed by atoms with E-state index in [4.69, 9.17) is 10.5 Å². The number of hydrogen-bond donors (Lipinski definition) is 2. The van der Waals surface area contributed by atoms with Crippen LogP contribution in [0.15, 0.2) is 0 Å². The zero-order valence-corrected chi connectivity index (χ0v) is 11.4. The fourth-order valence-corrected chi connectivity index (χ4v) is 2.73. The van der Waals surface area contributed by atoms with E-state index in [0.29, 0.717) is 30.9 Å². The molecule has 1 amide bonds. The number of ether oxygens (including phenoxy) is 1.